The first kappa shape index (κ1) is 13.7. The summed E-state index contributed by atoms with van der Waals surface area (Å²) in [6, 6.07) is 9.89. The Hall–Kier alpha value is -2.69. The lowest BCUT2D eigenvalue weighted by molar-refractivity contribution is 0.0698. The van der Waals surface area contributed by atoms with Crippen LogP contribution in [-0.4, -0.2) is 17.0 Å². The van der Waals surface area contributed by atoms with E-state index in [1.807, 2.05) is 0 Å². The van der Waals surface area contributed by atoms with Crippen molar-refractivity contribution in [2.45, 2.75) is 6.92 Å². The van der Waals surface area contributed by atoms with E-state index in [0.717, 1.165) is 0 Å². The quantitative estimate of drug-likeness (QED) is 0.903. The van der Waals surface area contributed by atoms with Crippen LogP contribution in [0.3, 0.4) is 0 Å². The second-order valence-electron chi connectivity index (χ2n) is 4.26. The Kier molecular flexibility index (Phi) is 3.79. The Labute approximate surface area is 114 Å². The van der Waals surface area contributed by atoms with Crippen molar-refractivity contribution in [1.82, 2.24) is 0 Å². The molecule has 0 aliphatic heterocycles. The topological polar surface area (TPSA) is 66.4 Å². The molecule has 0 fully saturated rings. The summed E-state index contributed by atoms with van der Waals surface area (Å²) in [5, 5.41) is 11.6. The summed E-state index contributed by atoms with van der Waals surface area (Å²) in [6.07, 6.45) is 0. The molecule has 2 aromatic carbocycles. The number of nitrogens with one attached hydrogen (secondary N) is 1. The summed E-state index contributed by atoms with van der Waals surface area (Å²) < 4.78 is 13.0. The Balaban J connectivity index is 2.30. The van der Waals surface area contributed by atoms with Crippen molar-refractivity contribution in [2.75, 3.05) is 5.32 Å². The normalized spacial score (nSPS) is 10.1. The highest BCUT2D eigenvalue weighted by atomic mass is 19.1. The van der Waals surface area contributed by atoms with Crippen molar-refractivity contribution in [1.29, 1.82) is 0 Å². The maximum Gasteiger partial charge on any atom is 0.337 e. The second kappa shape index (κ2) is 5.52. The van der Waals surface area contributed by atoms with E-state index in [0.29, 0.717) is 11.1 Å². The number of halogens is 1. The number of hydrogen-bond acceptors (Lipinski definition) is 2. The molecule has 102 valence electrons. The molecule has 0 heterocycles. The number of amides is 1. The number of carbonyl (C=O) groups excluding carboxylic acids is 1. The lowest BCUT2D eigenvalue weighted by Crippen LogP contribution is -2.16. The van der Waals surface area contributed by atoms with Gasteiger partial charge in [0.1, 0.15) is 5.82 Å². The lowest BCUT2D eigenvalue weighted by atomic mass is 10.1. The molecule has 0 aromatic heterocycles. The zero-order chi connectivity index (χ0) is 14.7. The molecule has 0 saturated carbocycles. The number of aromatic carboxylic acids is 1. The monoisotopic (exact) mass is 273 g/mol. The number of hydrogen-bond donors (Lipinski definition) is 2. The highest BCUT2D eigenvalue weighted by Crippen LogP contribution is 2.17. The van der Waals surface area contributed by atoms with Crippen molar-refractivity contribution < 1.29 is 19.1 Å². The van der Waals surface area contributed by atoms with Gasteiger partial charge in [0.25, 0.3) is 5.91 Å². The number of carboxylic acid groups (broad SMARTS) is 1. The van der Waals surface area contributed by atoms with Gasteiger partial charge in [0, 0.05) is 5.56 Å². The van der Waals surface area contributed by atoms with Gasteiger partial charge < -0.3 is 10.4 Å². The minimum atomic E-state index is -1.13. The molecule has 2 rings (SSSR count). The van der Waals surface area contributed by atoms with E-state index in [2.05, 4.69) is 5.32 Å². The molecule has 0 bridgehead atoms. The van der Waals surface area contributed by atoms with Crippen molar-refractivity contribution in [3.05, 3.63) is 65.0 Å². The van der Waals surface area contributed by atoms with E-state index in [9.17, 15) is 14.0 Å². The van der Waals surface area contributed by atoms with Crippen LogP contribution in [0.4, 0.5) is 10.1 Å². The standard InChI is InChI=1S/C15H12FNO3/c1-9-8-10(16)6-7-11(9)14(18)17-13-5-3-2-4-12(13)15(19)20/h2-8H,1H3,(H,17,18)(H,19,20). The molecule has 2 aromatic rings. The highest BCUT2D eigenvalue weighted by Gasteiger charge is 2.14. The number of aryl methyl sites for hydroxylation is 1. The van der Waals surface area contributed by atoms with Crippen LogP contribution in [0.15, 0.2) is 42.5 Å². The molecule has 0 unspecified atom stereocenters. The van der Waals surface area contributed by atoms with Crippen LogP contribution >= 0.6 is 0 Å². The van der Waals surface area contributed by atoms with E-state index in [-0.39, 0.29) is 11.3 Å². The SMILES string of the molecule is Cc1cc(F)ccc1C(=O)Nc1ccccc1C(=O)O. The molecule has 1 amide bonds. The minimum absolute atomic E-state index is 0.000569. The van der Waals surface area contributed by atoms with Crippen LogP contribution in [0.5, 0.6) is 0 Å². The number of anilines is 1. The molecular formula is C15H12FNO3. The fraction of sp³-hybridized carbons (Fsp3) is 0.0667. The van der Waals surface area contributed by atoms with Gasteiger partial charge in [-0.2, -0.15) is 0 Å². The molecule has 0 atom stereocenters. The average Bonchev–Trinajstić information content (AvgIpc) is 2.38. The van der Waals surface area contributed by atoms with Gasteiger partial charge in [-0.05, 0) is 42.8 Å². The van der Waals surface area contributed by atoms with E-state index in [4.69, 9.17) is 5.11 Å². The van der Waals surface area contributed by atoms with Crippen molar-refractivity contribution in [2.24, 2.45) is 0 Å². The van der Waals surface area contributed by atoms with Gasteiger partial charge in [-0.1, -0.05) is 12.1 Å². The van der Waals surface area contributed by atoms with E-state index in [1.165, 1.54) is 30.3 Å². The summed E-state index contributed by atoms with van der Waals surface area (Å²) in [6.45, 7) is 1.61. The second-order valence-corrected chi connectivity index (χ2v) is 4.26. The van der Waals surface area contributed by atoms with Crippen LogP contribution in [0, 0.1) is 12.7 Å². The maximum atomic E-state index is 13.0. The summed E-state index contributed by atoms with van der Waals surface area (Å²) >= 11 is 0. The fourth-order valence-corrected chi connectivity index (χ4v) is 1.85. The number of carboxylic acids is 1. The highest BCUT2D eigenvalue weighted by molar-refractivity contribution is 6.08. The first-order chi connectivity index (χ1) is 9.49. The Bertz CT molecular complexity index is 683. The van der Waals surface area contributed by atoms with E-state index >= 15 is 0 Å². The molecule has 4 nitrogen and oxygen atoms in total. The Morgan fingerprint density at radius 1 is 1.10 bits per heavy atom. The van der Waals surface area contributed by atoms with Crippen molar-refractivity contribution >= 4 is 17.6 Å². The lowest BCUT2D eigenvalue weighted by Gasteiger charge is -2.10. The Morgan fingerprint density at radius 2 is 1.80 bits per heavy atom. The van der Waals surface area contributed by atoms with Gasteiger partial charge in [0.05, 0.1) is 11.3 Å². The number of benzene rings is 2. The molecule has 2 N–H and O–H groups in total. The molecule has 5 heteroatoms. The summed E-state index contributed by atoms with van der Waals surface area (Å²) in [4.78, 5) is 23.1. The van der Waals surface area contributed by atoms with Crippen LogP contribution < -0.4 is 5.32 Å². The van der Waals surface area contributed by atoms with Gasteiger partial charge in [0.15, 0.2) is 0 Å². The summed E-state index contributed by atoms with van der Waals surface area (Å²) in [5.74, 6) is -2.03. The van der Waals surface area contributed by atoms with Crippen LogP contribution in [-0.2, 0) is 0 Å². The average molecular weight is 273 g/mol. The van der Waals surface area contributed by atoms with Crippen molar-refractivity contribution in [3.63, 3.8) is 0 Å². The molecular weight excluding hydrogens is 261 g/mol. The molecule has 0 aliphatic rings. The smallest absolute Gasteiger partial charge is 0.337 e. The van der Waals surface area contributed by atoms with Crippen LogP contribution in [0.1, 0.15) is 26.3 Å². The molecule has 0 radical (unpaired) electrons. The first-order valence-corrected chi connectivity index (χ1v) is 5.89. The predicted molar refractivity (Wildman–Crippen MR) is 72.5 cm³/mol. The van der Waals surface area contributed by atoms with Crippen molar-refractivity contribution in [3.8, 4) is 0 Å². The largest absolute Gasteiger partial charge is 0.478 e. The van der Waals surface area contributed by atoms with Gasteiger partial charge in [-0.25, -0.2) is 9.18 Å². The van der Waals surface area contributed by atoms with E-state index in [1.54, 1.807) is 19.1 Å². The third-order valence-corrected chi connectivity index (χ3v) is 2.84. The molecule has 20 heavy (non-hydrogen) atoms. The summed E-state index contributed by atoms with van der Waals surface area (Å²) in [7, 11) is 0. The van der Waals surface area contributed by atoms with Crippen LogP contribution in [0.25, 0.3) is 0 Å². The fourth-order valence-electron chi connectivity index (χ4n) is 1.85. The first-order valence-electron chi connectivity index (χ1n) is 5.89. The maximum absolute atomic E-state index is 13.0. The minimum Gasteiger partial charge on any atom is -0.478 e. The third-order valence-electron chi connectivity index (χ3n) is 2.84. The van der Waals surface area contributed by atoms with Gasteiger partial charge in [-0.15, -0.1) is 0 Å². The van der Waals surface area contributed by atoms with Crippen LogP contribution in [0.2, 0.25) is 0 Å². The summed E-state index contributed by atoms with van der Waals surface area (Å²) in [5.41, 5.74) is 0.983. The number of rotatable bonds is 3. The van der Waals surface area contributed by atoms with Gasteiger partial charge in [0.2, 0.25) is 0 Å². The number of para-hydroxylation sites is 1. The molecule has 0 aliphatic carbocycles. The Morgan fingerprint density at radius 3 is 2.45 bits per heavy atom. The predicted octanol–water partition coefficient (Wildman–Crippen LogP) is 3.08. The van der Waals surface area contributed by atoms with Gasteiger partial charge >= 0.3 is 5.97 Å². The van der Waals surface area contributed by atoms with Gasteiger partial charge in [-0.3, -0.25) is 4.79 Å². The molecule has 0 spiro atoms. The zero-order valence-electron chi connectivity index (χ0n) is 10.7. The molecule has 0 saturated heterocycles. The zero-order valence-corrected chi connectivity index (χ0v) is 10.7. The third kappa shape index (κ3) is 2.83. The number of carbonyl (C=O) groups is 2. The van der Waals surface area contributed by atoms with E-state index < -0.39 is 17.7 Å².